The number of nitrogens with zero attached hydrogens (tertiary/aromatic N) is 2. The number of allylic oxidation sites excluding steroid dienone is 2. The zero-order valence-electron chi connectivity index (χ0n) is 13.7. The van der Waals surface area contributed by atoms with Crippen molar-refractivity contribution in [2.24, 2.45) is 5.92 Å². The minimum Gasteiger partial charge on any atom is -0.469 e. The van der Waals surface area contributed by atoms with Gasteiger partial charge in [0.2, 0.25) is 5.91 Å². The average Bonchev–Trinajstić information content (AvgIpc) is 2.47. The number of likely N-dealkylation sites (N-methyl/N-ethyl adjacent to an activating group) is 2. The van der Waals surface area contributed by atoms with E-state index in [2.05, 4.69) is 6.08 Å². The molecule has 1 atom stereocenters. The Bertz CT molecular complexity index is 393. The zero-order valence-corrected chi connectivity index (χ0v) is 13.7. The Labute approximate surface area is 127 Å². The highest BCUT2D eigenvalue weighted by atomic mass is 16.5. The number of ether oxygens (including phenoxy) is 1. The normalized spacial score (nSPS) is 16.3. The van der Waals surface area contributed by atoms with Gasteiger partial charge in [0.25, 0.3) is 0 Å². The molecular weight excluding hydrogens is 268 g/mol. The van der Waals surface area contributed by atoms with Crippen molar-refractivity contribution in [1.82, 2.24) is 9.80 Å². The summed E-state index contributed by atoms with van der Waals surface area (Å²) in [6, 6.07) is 0. The van der Waals surface area contributed by atoms with Crippen molar-refractivity contribution in [1.29, 1.82) is 0 Å². The number of hydrogen-bond donors (Lipinski definition) is 0. The fourth-order valence-electron chi connectivity index (χ4n) is 2.73. The summed E-state index contributed by atoms with van der Waals surface area (Å²) >= 11 is 0. The van der Waals surface area contributed by atoms with Gasteiger partial charge in [0.05, 0.1) is 19.6 Å². The fourth-order valence-corrected chi connectivity index (χ4v) is 2.73. The summed E-state index contributed by atoms with van der Waals surface area (Å²) < 4.78 is 4.71. The summed E-state index contributed by atoms with van der Waals surface area (Å²) in [7, 11) is 3.25. The minimum atomic E-state index is -0.239. The van der Waals surface area contributed by atoms with Gasteiger partial charge in [-0.15, -0.1) is 0 Å². The molecule has 0 aromatic heterocycles. The highest BCUT2D eigenvalue weighted by Gasteiger charge is 2.21. The molecule has 1 unspecified atom stereocenters. The maximum Gasteiger partial charge on any atom is 0.309 e. The van der Waals surface area contributed by atoms with Crippen LogP contribution in [0.5, 0.6) is 0 Å². The molecule has 0 spiro atoms. The highest BCUT2D eigenvalue weighted by molar-refractivity contribution is 5.80. The Morgan fingerprint density at radius 1 is 1.38 bits per heavy atom. The van der Waals surface area contributed by atoms with Crippen molar-refractivity contribution in [2.75, 3.05) is 33.8 Å². The molecule has 120 valence electrons. The van der Waals surface area contributed by atoms with E-state index in [0.29, 0.717) is 19.6 Å². The van der Waals surface area contributed by atoms with Crippen LogP contribution in [0.1, 0.15) is 39.5 Å². The van der Waals surface area contributed by atoms with Gasteiger partial charge in [0, 0.05) is 18.8 Å². The Morgan fingerprint density at radius 3 is 2.62 bits per heavy atom. The van der Waals surface area contributed by atoms with Crippen molar-refractivity contribution in [3.05, 3.63) is 11.8 Å². The van der Waals surface area contributed by atoms with Crippen LogP contribution in [-0.4, -0.2) is 55.5 Å². The number of amides is 1. The fraction of sp³-hybridized carbons (Fsp3) is 0.750. The predicted molar refractivity (Wildman–Crippen MR) is 82.6 cm³/mol. The number of rotatable bonds is 7. The van der Waals surface area contributed by atoms with Gasteiger partial charge in [-0.2, -0.15) is 0 Å². The number of carbonyl (C=O) groups is 2. The Balaban J connectivity index is 2.53. The van der Waals surface area contributed by atoms with E-state index >= 15 is 0 Å². The number of carbonyl (C=O) groups excluding carboxylic acids is 2. The van der Waals surface area contributed by atoms with Gasteiger partial charge in [-0.25, -0.2) is 0 Å². The Kier molecular flexibility index (Phi) is 7.43. The molecule has 1 amide bonds. The molecule has 0 saturated carbocycles. The summed E-state index contributed by atoms with van der Waals surface area (Å²) in [6.07, 6.45) is 6.61. The summed E-state index contributed by atoms with van der Waals surface area (Å²) in [4.78, 5) is 27.6. The number of hydrogen-bond acceptors (Lipinski definition) is 4. The Morgan fingerprint density at radius 2 is 2.10 bits per heavy atom. The topological polar surface area (TPSA) is 49.9 Å². The third-order valence-electron chi connectivity index (χ3n) is 3.83. The standard InChI is InChI=1S/C16H28N2O3/c1-5-18(14-9-7-6-8-10-14)15(19)12-17(3)11-13(2)16(20)21-4/h9,13H,5-8,10-12H2,1-4H3. The van der Waals surface area contributed by atoms with Crippen LogP contribution in [0.25, 0.3) is 0 Å². The maximum atomic E-state index is 12.4. The second-order valence-electron chi connectivity index (χ2n) is 5.70. The molecule has 0 saturated heterocycles. The molecule has 5 heteroatoms. The third kappa shape index (κ3) is 5.50. The summed E-state index contributed by atoms with van der Waals surface area (Å²) in [6.45, 7) is 5.37. The molecule has 1 aliphatic carbocycles. The van der Waals surface area contributed by atoms with E-state index in [-0.39, 0.29) is 17.8 Å². The smallest absolute Gasteiger partial charge is 0.309 e. The maximum absolute atomic E-state index is 12.4. The molecule has 0 aromatic rings. The molecule has 21 heavy (non-hydrogen) atoms. The van der Waals surface area contributed by atoms with Crippen molar-refractivity contribution < 1.29 is 14.3 Å². The largest absolute Gasteiger partial charge is 0.469 e. The van der Waals surface area contributed by atoms with E-state index in [4.69, 9.17) is 4.74 Å². The first-order chi connectivity index (χ1) is 9.99. The van der Waals surface area contributed by atoms with Crippen LogP contribution in [0.15, 0.2) is 11.8 Å². The van der Waals surface area contributed by atoms with Gasteiger partial charge in [-0.1, -0.05) is 13.0 Å². The van der Waals surface area contributed by atoms with Crippen LogP contribution in [0.2, 0.25) is 0 Å². The van der Waals surface area contributed by atoms with E-state index in [0.717, 1.165) is 25.0 Å². The highest BCUT2D eigenvalue weighted by Crippen LogP contribution is 2.21. The van der Waals surface area contributed by atoms with Gasteiger partial charge in [0.1, 0.15) is 0 Å². The molecule has 1 aliphatic rings. The molecule has 5 nitrogen and oxygen atoms in total. The van der Waals surface area contributed by atoms with Crippen molar-refractivity contribution >= 4 is 11.9 Å². The molecule has 0 aromatic carbocycles. The monoisotopic (exact) mass is 296 g/mol. The van der Waals surface area contributed by atoms with Crippen LogP contribution in [0.4, 0.5) is 0 Å². The number of esters is 1. The van der Waals surface area contributed by atoms with E-state index in [9.17, 15) is 9.59 Å². The van der Waals surface area contributed by atoms with Gasteiger partial charge < -0.3 is 9.64 Å². The van der Waals surface area contributed by atoms with Crippen LogP contribution < -0.4 is 0 Å². The first kappa shape index (κ1) is 17.7. The van der Waals surface area contributed by atoms with Gasteiger partial charge >= 0.3 is 5.97 Å². The summed E-state index contributed by atoms with van der Waals surface area (Å²) in [5, 5.41) is 0. The first-order valence-corrected chi connectivity index (χ1v) is 7.75. The predicted octanol–water partition coefficient (Wildman–Crippen LogP) is 2.03. The molecular formula is C16H28N2O3. The number of methoxy groups -OCH3 is 1. The quantitative estimate of drug-likeness (QED) is 0.675. The van der Waals surface area contributed by atoms with E-state index < -0.39 is 0 Å². The van der Waals surface area contributed by atoms with Crippen LogP contribution in [0, 0.1) is 5.92 Å². The molecule has 0 N–H and O–H groups in total. The first-order valence-electron chi connectivity index (χ1n) is 7.75. The molecule has 0 heterocycles. The van der Waals surface area contributed by atoms with Gasteiger partial charge in [-0.05, 0) is 39.7 Å². The minimum absolute atomic E-state index is 0.102. The van der Waals surface area contributed by atoms with Gasteiger partial charge in [0.15, 0.2) is 0 Å². The lowest BCUT2D eigenvalue weighted by atomic mass is 10.0. The van der Waals surface area contributed by atoms with Crippen LogP contribution >= 0.6 is 0 Å². The third-order valence-corrected chi connectivity index (χ3v) is 3.83. The molecule has 0 fully saturated rings. The molecule has 0 aliphatic heterocycles. The zero-order chi connectivity index (χ0) is 15.8. The van der Waals surface area contributed by atoms with Crippen molar-refractivity contribution in [3.63, 3.8) is 0 Å². The van der Waals surface area contributed by atoms with Crippen molar-refractivity contribution in [3.8, 4) is 0 Å². The second-order valence-corrected chi connectivity index (χ2v) is 5.70. The Hall–Kier alpha value is -1.36. The van der Waals surface area contributed by atoms with Crippen LogP contribution in [0.3, 0.4) is 0 Å². The average molecular weight is 296 g/mol. The summed E-state index contributed by atoms with van der Waals surface area (Å²) in [5.74, 6) is -0.362. The molecule has 1 rings (SSSR count). The van der Waals surface area contributed by atoms with E-state index in [1.165, 1.54) is 13.5 Å². The molecule has 0 bridgehead atoms. The van der Waals surface area contributed by atoms with Crippen molar-refractivity contribution in [2.45, 2.75) is 39.5 Å². The SMILES string of the molecule is CCN(C(=O)CN(C)CC(C)C(=O)OC)C1=CCCCC1. The van der Waals surface area contributed by atoms with E-state index in [1.54, 1.807) is 0 Å². The lowest BCUT2D eigenvalue weighted by Gasteiger charge is -2.29. The second kappa shape index (κ2) is 8.82. The van der Waals surface area contributed by atoms with Gasteiger partial charge in [-0.3, -0.25) is 14.5 Å². The lowest BCUT2D eigenvalue weighted by Crippen LogP contribution is -2.40. The summed E-state index contributed by atoms with van der Waals surface area (Å²) in [5.41, 5.74) is 1.16. The lowest BCUT2D eigenvalue weighted by molar-refractivity contribution is -0.146. The van der Waals surface area contributed by atoms with E-state index in [1.807, 2.05) is 30.7 Å². The molecule has 0 radical (unpaired) electrons. The van der Waals surface area contributed by atoms with Crippen LogP contribution in [-0.2, 0) is 14.3 Å².